The molecule has 0 atom stereocenters. The highest BCUT2D eigenvalue weighted by Gasteiger charge is 2.31. The second kappa shape index (κ2) is 7.76. The summed E-state index contributed by atoms with van der Waals surface area (Å²) in [5, 5.41) is 11.6. The molecule has 8 heteroatoms. The molecule has 1 aliphatic rings. The number of para-hydroxylation sites is 1. The molecule has 8 nitrogen and oxygen atoms in total. The molecule has 0 saturated heterocycles. The third-order valence-electron chi connectivity index (χ3n) is 5.27. The van der Waals surface area contributed by atoms with E-state index < -0.39 is 10.9 Å². The molecule has 5 rings (SSSR count). The Morgan fingerprint density at radius 3 is 2.55 bits per heavy atom. The summed E-state index contributed by atoms with van der Waals surface area (Å²) in [6.07, 6.45) is 1.51. The molecule has 0 amide bonds. The SMILES string of the molecule is Cc1c(OC(=O)c2cc3ccccc3o2)ccc2c1O/C(=C\c1ccc([N+](=O)[O-])cc1)C2=O. The summed E-state index contributed by atoms with van der Waals surface area (Å²) in [6, 6.07) is 17.6. The Labute approximate surface area is 186 Å². The first-order chi connectivity index (χ1) is 15.9. The quantitative estimate of drug-likeness (QED) is 0.135. The van der Waals surface area contributed by atoms with Gasteiger partial charge in [-0.15, -0.1) is 0 Å². The number of rotatable bonds is 4. The van der Waals surface area contributed by atoms with Gasteiger partial charge in [-0.1, -0.05) is 18.2 Å². The zero-order chi connectivity index (χ0) is 23.1. The van der Waals surface area contributed by atoms with Crippen LogP contribution in [0.2, 0.25) is 0 Å². The lowest BCUT2D eigenvalue weighted by Gasteiger charge is -2.09. The number of nitrogens with zero attached hydrogens (tertiary/aromatic N) is 1. The number of hydrogen-bond donors (Lipinski definition) is 0. The first-order valence-electron chi connectivity index (χ1n) is 9.94. The van der Waals surface area contributed by atoms with E-state index in [0.717, 1.165) is 5.39 Å². The molecular weight excluding hydrogens is 426 g/mol. The Bertz CT molecular complexity index is 1450. The van der Waals surface area contributed by atoms with Crippen LogP contribution in [0.5, 0.6) is 11.5 Å². The fourth-order valence-corrected chi connectivity index (χ4v) is 3.55. The number of hydrogen-bond acceptors (Lipinski definition) is 7. The number of ether oxygens (including phenoxy) is 2. The van der Waals surface area contributed by atoms with Crippen molar-refractivity contribution in [2.24, 2.45) is 0 Å². The van der Waals surface area contributed by atoms with E-state index in [1.54, 1.807) is 19.1 Å². The maximum atomic E-state index is 12.8. The second-order valence-corrected chi connectivity index (χ2v) is 7.39. The van der Waals surface area contributed by atoms with Gasteiger partial charge in [-0.05, 0) is 55.0 Å². The summed E-state index contributed by atoms with van der Waals surface area (Å²) >= 11 is 0. The van der Waals surface area contributed by atoms with Crippen LogP contribution in [0.3, 0.4) is 0 Å². The fraction of sp³-hybridized carbons (Fsp3) is 0.0400. The van der Waals surface area contributed by atoms with E-state index in [1.807, 2.05) is 18.2 Å². The van der Waals surface area contributed by atoms with E-state index in [1.165, 1.54) is 42.5 Å². The van der Waals surface area contributed by atoms with Crippen LogP contribution >= 0.6 is 0 Å². The first-order valence-corrected chi connectivity index (χ1v) is 9.94. The molecule has 0 N–H and O–H groups in total. The number of nitro groups is 1. The highest BCUT2D eigenvalue weighted by Crippen LogP contribution is 2.39. The molecule has 2 heterocycles. The number of Topliss-reactive ketones (excluding diaryl/α,β-unsaturated/α-hetero) is 1. The Hall–Kier alpha value is -4.72. The van der Waals surface area contributed by atoms with Gasteiger partial charge in [-0.25, -0.2) is 4.79 Å². The highest BCUT2D eigenvalue weighted by atomic mass is 16.6. The summed E-state index contributed by atoms with van der Waals surface area (Å²) in [6.45, 7) is 1.68. The lowest BCUT2D eigenvalue weighted by Crippen LogP contribution is -2.08. The second-order valence-electron chi connectivity index (χ2n) is 7.39. The Morgan fingerprint density at radius 1 is 1.06 bits per heavy atom. The number of allylic oxidation sites excluding steroid dienone is 1. The Balaban J connectivity index is 1.40. The third kappa shape index (κ3) is 3.63. The summed E-state index contributed by atoms with van der Waals surface area (Å²) in [5.41, 5.74) is 1.92. The predicted molar refractivity (Wildman–Crippen MR) is 118 cm³/mol. The lowest BCUT2D eigenvalue weighted by atomic mass is 10.1. The number of carbonyl (C=O) groups excluding carboxylic acids is 2. The van der Waals surface area contributed by atoms with Crippen molar-refractivity contribution in [1.82, 2.24) is 0 Å². The van der Waals surface area contributed by atoms with Gasteiger partial charge in [0.05, 0.1) is 10.5 Å². The largest absolute Gasteiger partial charge is 0.452 e. The number of furan rings is 1. The minimum absolute atomic E-state index is 0.0501. The molecule has 1 aromatic heterocycles. The van der Waals surface area contributed by atoms with Gasteiger partial charge in [0.2, 0.25) is 11.5 Å². The Morgan fingerprint density at radius 2 is 1.82 bits per heavy atom. The summed E-state index contributed by atoms with van der Waals surface area (Å²) < 4.78 is 16.8. The number of nitro benzene ring substituents is 1. The molecule has 4 aromatic rings. The van der Waals surface area contributed by atoms with Crippen LogP contribution in [0.15, 0.2) is 76.9 Å². The summed E-state index contributed by atoms with van der Waals surface area (Å²) in [7, 11) is 0. The molecule has 0 aliphatic carbocycles. The molecule has 162 valence electrons. The Kier molecular flexibility index (Phi) is 4.75. The highest BCUT2D eigenvalue weighted by molar-refractivity contribution is 6.15. The lowest BCUT2D eigenvalue weighted by molar-refractivity contribution is -0.384. The predicted octanol–water partition coefficient (Wildman–Crippen LogP) is 5.48. The van der Waals surface area contributed by atoms with E-state index in [2.05, 4.69) is 0 Å². The molecular formula is C25H15NO7. The van der Waals surface area contributed by atoms with Crippen molar-refractivity contribution >= 4 is 34.5 Å². The van der Waals surface area contributed by atoms with E-state index in [-0.39, 0.29) is 28.7 Å². The molecule has 3 aromatic carbocycles. The van der Waals surface area contributed by atoms with Gasteiger partial charge in [-0.2, -0.15) is 0 Å². The zero-order valence-corrected chi connectivity index (χ0v) is 17.2. The van der Waals surface area contributed by atoms with Crippen LogP contribution < -0.4 is 9.47 Å². The van der Waals surface area contributed by atoms with E-state index in [4.69, 9.17) is 13.9 Å². The fourth-order valence-electron chi connectivity index (χ4n) is 3.55. The number of carbonyl (C=O) groups is 2. The first kappa shape index (κ1) is 20.2. The molecule has 1 aliphatic heterocycles. The van der Waals surface area contributed by atoms with Gasteiger partial charge >= 0.3 is 5.97 Å². The number of non-ortho nitro benzene ring substituents is 1. The molecule has 0 bridgehead atoms. The molecule has 33 heavy (non-hydrogen) atoms. The van der Waals surface area contributed by atoms with Gasteiger partial charge in [0.1, 0.15) is 17.1 Å². The van der Waals surface area contributed by atoms with Crippen LogP contribution in [-0.4, -0.2) is 16.7 Å². The molecule has 0 saturated carbocycles. The minimum Gasteiger partial charge on any atom is -0.452 e. The normalized spacial score (nSPS) is 13.7. The number of esters is 1. The minimum atomic E-state index is -0.666. The van der Waals surface area contributed by atoms with E-state index in [9.17, 15) is 19.7 Å². The van der Waals surface area contributed by atoms with Crippen molar-refractivity contribution in [1.29, 1.82) is 0 Å². The average molecular weight is 441 g/mol. The van der Waals surface area contributed by atoms with Crippen molar-refractivity contribution in [3.63, 3.8) is 0 Å². The van der Waals surface area contributed by atoms with Crippen molar-refractivity contribution < 1.29 is 28.4 Å². The van der Waals surface area contributed by atoms with Gasteiger partial charge in [0.25, 0.3) is 5.69 Å². The van der Waals surface area contributed by atoms with Gasteiger partial charge in [-0.3, -0.25) is 14.9 Å². The van der Waals surface area contributed by atoms with Crippen molar-refractivity contribution in [2.75, 3.05) is 0 Å². The van der Waals surface area contributed by atoms with Crippen LogP contribution in [0, 0.1) is 17.0 Å². The van der Waals surface area contributed by atoms with Gasteiger partial charge in [0.15, 0.2) is 5.76 Å². The topological polar surface area (TPSA) is 109 Å². The molecule has 0 radical (unpaired) electrons. The average Bonchev–Trinajstić information content (AvgIpc) is 3.38. The third-order valence-corrected chi connectivity index (χ3v) is 5.27. The van der Waals surface area contributed by atoms with Crippen molar-refractivity contribution in [3.05, 3.63) is 105 Å². The molecule has 0 spiro atoms. The maximum Gasteiger partial charge on any atom is 0.379 e. The standard InChI is InChI=1S/C25H15NO7/c1-14-19(33-25(28)22-13-16-4-2-3-5-20(16)31-22)11-10-18-23(27)21(32-24(14)18)12-15-6-8-17(9-7-15)26(29)30/h2-13H,1H3/b21-12-. The molecule has 0 unspecified atom stereocenters. The smallest absolute Gasteiger partial charge is 0.379 e. The summed E-state index contributed by atoms with van der Waals surface area (Å²) in [4.78, 5) is 35.7. The maximum absolute atomic E-state index is 12.8. The summed E-state index contributed by atoms with van der Waals surface area (Å²) in [5.74, 6) is -0.331. The monoisotopic (exact) mass is 441 g/mol. The van der Waals surface area contributed by atoms with Crippen LogP contribution in [-0.2, 0) is 0 Å². The van der Waals surface area contributed by atoms with Crippen LogP contribution in [0.1, 0.15) is 32.0 Å². The van der Waals surface area contributed by atoms with Crippen LogP contribution in [0.4, 0.5) is 5.69 Å². The number of fused-ring (bicyclic) bond motifs is 2. The van der Waals surface area contributed by atoms with Crippen molar-refractivity contribution in [3.8, 4) is 11.5 Å². The molecule has 0 fully saturated rings. The number of ketones is 1. The van der Waals surface area contributed by atoms with Gasteiger partial charge in [0, 0.05) is 23.1 Å². The van der Waals surface area contributed by atoms with E-state index >= 15 is 0 Å². The zero-order valence-electron chi connectivity index (χ0n) is 17.2. The van der Waals surface area contributed by atoms with Crippen LogP contribution in [0.25, 0.3) is 17.0 Å². The van der Waals surface area contributed by atoms with Crippen molar-refractivity contribution in [2.45, 2.75) is 6.92 Å². The number of benzene rings is 3. The van der Waals surface area contributed by atoms with E-state index in [0.29, 0.717) is 28.0 Å². The van der Waals surface area contributed by atoms with Gasteiger partial charge < -0.3 is 13.9 Å².